The van der Waals surface area contributed by atoms with Crippen molar-refractivity contribution in [1.29, 1.82) is 0 Å². The minimum atomic E-state index is -4.48. The van der Waals surface area contributed by atoms with Gasteiger partial charge in [0.15, 0.2) is 5.78 Å². The second-order valence-corrected chi connectivity index (χ2v) is 8.98. The highest BCUT2D eigenvalue weighted by molar-refractivity contribution is 5.96. The molecule has 0 radical (unpaired) electrons. The van der Waals surface area contributed by atoms with E-state index in [4.69, 9.17) is 9.84 Å². The number of aromatic nitrogens is 1. The Morgan fingerprint density at radius 2 is 1.56 bits per heavy atom. The summed E-state index contributed by atoms with van der Waals surface area (Å²) in [5, 5.41) is 8.73. The van der Waals surface area contributed by atoms with Crippen LogP contribution in [-0.2, 0) is 11.0 Å². The van der Waals surface area contributed by atoms with Crippen molar-refractivity contribution in [3.05, 3.63) is 83.7 Å². The van der Waals surface area contributed by atoms with E-state index in [1.54, 1.807) is 36.4 Å². The highest BCUT2D eigenvalue weighted by Gasteiger charge is 2.32. The van der Waals surface area contributed by atoms with Crippen LogP contribution in [0.3, 0.4) is 0 Å². The van der Waals surface area contributed by atoms with Gasteiger partial charge in [-0.25, -0.2) is 0 Å². The van der Waals surface area contributed by atoms with Gasteiger partial charge in [0.05, 0.1) is 0 Å². The van der Waals surface area contributed by atoms with Crippen LogP contribution in [0.4, 0.5) is 13.2 Å². The Balaban J connectivity index is 1.70. The number of ketones is 1. The highest BCUT2D eigenvalue weighted by Crippen LogP contribution is 2.31. The van der Waals surface area contributed by atoms with Gasteiger partial charge in [0.1, 0.15) is 17.5 Å². The fourth-order valence-corrected chi connectivity index (χ4v) is 3.73. The molecule has 3 rings (SSSR count). The van der Waals surface area contributed by atoms with E-state index in [0.717, 1.165) is 23.6 Å². The summed E-state index contributed by atoms with van der Waals surface area (Å²) in [6.07, 6.45) is -2.37. The summed E-state index contributed by atoms with van der Waals surface area (Å²) in [6, 6.07) is 16.6. The number of rotatable bonds is 11. The number of hydrogen-bond donors (Lipinski definition) is 1. The van der Waals surface area contributed by atoms with E-state index in [-0.39, 0.29) is 24.7 Å². The molecule has 0 aliphatic rings. The summed E-state index contributed by atoms with van der Waals surface area (Å²) in [5.74, 6) is -0.0729. The Labute approximate surface area is 208 Å². The van der Waals surface area contributed by atoms with Crippen LogP contribution in [0.1, 0.15) is 67.3 Å². The van der Waals surface area contributed by atoms with Crippen LogP contribution in [0.15, 0.2) is 66.9 Å². The number of benzene rings is 2. The van der Waals surface area contributed by atoms with Crippen molar-refractivity contribution in [2.45, 2.75) is 51.8 Å². The monoisotopic (exact) mass is 499 g/mol. The van der Waals surface area contributed by atoms with Crippen LogP contribution >= 0.6 is 0 Å². The maximum atomic E-state index is 12.7. The van der Waals surface area contributed by atoms with Gasteiger partial charge in [-0.3, -0.25) is 14.6 Å². The van der Waals surface area contributed by atoms with Crippen molar-refractivity contribution in [2.75, 3.05) is 0 Å². The molecule has 0 saturated carbocycles. The van der Waals surface area contributed by atoms with E-state index in [0.29, 0.717) is 29.2 Å². The molecule has 1 aromatic heterocycles. The molecule has 0 bridgehead atoms. The van der Waals surface area contributed by atoms with Gasteiger partial charge < -0.3 is 9.84 Å². The standard InChI is InChI=1S/C28H28F3NO4/c1-18(2)16-25(21-8-6-20(7-9-21)24(33)4-3-5-27(34)35)36-23-13-10-19(11-14-23)22-12-15-26(32-17-22)28(29,30)31/h6-15,17-18,25H,3-5,16H2,1-2H3,(H,34,35). The largest absolute Gasteiger partial charge is 0.486 e. The Bertz CT molecular complexity index is 1160. The number of carbonyl (C=O) groups excluding carboxylic acids is 1. The number of carboxylic acid groups (broad SMARTS) is 1. The van der Waals surface area contributed by atoms with Gasteiger partial charge >= 0.3 is 12.1 Å². The number of pyridine rings is 1. The third-order valence-corrected chi connectivity index (χ3v) is 5.60. The number of ether oxygens (including phenoxy) is 1. The van der Waals surface area contributed by atoms with E-state index in [2.05, 4.69) is 18.8 Å². The third kappa shape index (κ3) is 7.66. The smallest absolute Gasteiger partial charge is 0.433 e. The molecule has 190 valence electrons. The Hall–Kier alpha value is -3.68. The molecule has 1 N–H and O–H groups in total. The van der Waals surface area contributed by atoms with Crippen LogP contribution in [0.5, 0.6) is 5.75 Å². The van der Waals surface area contributed by atoms with Crippen LogP contribution in [0.2, 0.25) is 0 Å². The summed E-state index contributed by atoms with van der Waals surface area (Å²) in [7, 11) is 0. The number of aliphatic carboxylic acids is 1. The minimum Gasteiger partial charge on any atom is -0.486 e. The van der Waals surface area contributed by atoms with E-state index >= 15 is 0 Å². The average Bonchev–Trinajstić information content (AvgIpc) is 2.83. The van der Waals surface area contributed by atoms with Crippen molar-refractivity contribution in [3.8, 4) is 16.9 Å². The number of nitrogens with zero attached hydrogens (tertiary/aromatic N) is 1. The van der Waals surface area contributed by atoms with E-state index in [9.17, 15) is 22.8 Å². The fourth-order valence-electron chi connectivity index (χ4n) is 3.73. The first-order valence-corrected chi connectivity index (χ1v) is 11.7. The number of carbonyl (C=O) groups is 2. The number of alkyl halides is 3. The first-order chi connectivity index (χ1) is 17.0. The lowest BCUT2D eigenvalue weighted by Crippen LogP contribution is -2.11. The summed E-state index contributed by atoms with van der Waals surface area (Å²) in [5.41, 5.74) is 1.78. The predicted octanol–water partition coefficient (Wildman–Crippen LogP) is 7.37. The average molecular weight is 500 g/mol. The van der Waals surface area contributed by atoms with Gasteiger partial charge in [-0.1, -0.05) is 56.3 Å². The summed E-state index contributed by atoms with van der Waals surface area (Å²) < 4.78 is 44.5. The van der Waals surface area contributed by atoms with Crippen LogP contribution < -0.4 is 4.74 Å². The quantitative estimate of drug-likeness (QED) is 0.279. The molecule has 0 fully saturated rings. The van der Waals surface area contributed by atoms with Crippen LogP contribution in [0.25, 0.3) is 11.1 Å². The van der Waals surface area contributed by atoms with Crippen molar-refractivity contribution in [2.24, 2.45) is 5.92 Å². The summed E-state index contributed by atoms with van der Waals surface area (Å²) in [4.78, 5) is 26.5. The van der Waals surface area contributed by atoms with Gasteiger partial charge in [0.2, 0.25) is 0 Å². The second kappa shape index (κ2) is 11.8. The van der Waals surface area contributed by atoms with Crippen molar-refractivity contribution >= 4 is 11.8 Å². The minimum absolute atomic E-state index is 0.0394. The molecule has 8 heteroatoms. The first kappa shape index (κ1) is 26.9. The molecule has 0 aliphatic carbocycles. The van der Waals surface area contributed by atoms with Crippen molar-refractivity contribution < 1.29 is 32.6 Å². The summed E-state index contributed by atoms with van der Waals surface area (Å²) in [6.45, 7) is 4.16. The number of Topliss-reactive ketones (excluding diaryl/α,β-unsaturated/α-hetero) is 1. The fraction of sp³-hybridized carbons (Fsp3) is 0.321. The maximum absolute atomic E-state index is 12.7. The maximum Gasteiger partial charge on any atom is 0.433 e. The van der Waals surface area contributed by atoms with E-state index < -0.39 is 17.8 Å². The molecule has 0 spiro atoms. The highest BCUT2D eigenvalue weighted by atomic mass is 19.4. The van der Waals surface area contributed by atoms with Crippen LogP contribution in [-0.4, -0.2) is 21.8 Å². The molecule has 1 atom stereocenters. The van der Waals surface area contributed by atoms with E-state index in [1.807, 2.05) is 12.1 Å². The van der Waals surface area contributed by atoms with Gasteiger partial charge in [-0.05, 0) is 48.1 Å². The number of carboxylic acids is 1. The Kier molecular flexibility index (Phi) is 8.85. The topological polar surface area (TPSA) is 76.5 Å². The lowest BCUT2D eigenvalue weighted by molar-refractivity contribution is -0.141. The van der Waals surface area contributed by atoms with Crippen LogP contribution in [0, 0.1) is 5.92 Å². The van der Waals surface area contributed by atoms with Crippen molar-refractivity contribution in [3.63, 3.8) is 0 Å². The zero-order valence-corrected chi connectivity index (χ0v) is 20.1. The zero-order chi connectivity index (χ0) is 26.3. The molecule has 2 aromatic carbocycles. The second-order valence-electron chi connectivity index (χ2n) is 8.98. The number of hydrogen-bond acceptors (Lipinski definition) is 4. The van der Waals surface area contributed by atoms with E-state index in [1.165, 1.54) is 12.3 Å². The molecular weight excluding hydrogens is 471 g/mol. The number of halogens is 3. The molecule has 5 nitrogen and oxygen atoms in total. The van der Waals surface area contributed by atoms with Gasteiger partial charge in [0.25, 0.3) is 0 Å². The molecule has 0 saturated heterocycles. The lowest BCUT2D eigenvalue weighted by Gasteiger charge is -2.22. The van der Waals surface area contributed by atoms with Gasteiger partial charge in [-0.15, -0.1) is 0 Å². The first-order valence-electron chi connectivity index (χ1n) is 11.7. The molecule has 1 heterocycles. The molecule has 0 amide bonds. The zero-order valence-electron chi connectivity index (χ0n) is 20.1. The summed E-state index contributed by atoms with van der Waals surface area (Å²) >= 11 is 0. The normalized spacial score (nSPS) is 12.4. The molecule has 0 aliphatic heterocycles. The lowest BCUT2D eigenvalue weighted by atomic mass is 9.97. The predicted molar refractivity (Wildman–Crippen MR) is 130 cm³/mol. The Morgan fingerprint density at radius 3 is 2.08 bits per heavy atom. The molecule has 3 aromatic rings. The third-order valence-electron chi connectivity index (χ3n) is 5.60. The SMILES string of the molecule is CC(C)CC(Oc1ccc(-c2ccc(C(F)(F)F)nc2)cc1)c1ccc(C(=O)CCCC(=O)O)cc1. The molecule has 36 heavy (non-hydrogen) atoms. The van der Waals surface area contributed by atoms with Crippen molar-refractivity contribution in [1.82, 2.24) is 4.98 Å². The van der Waals surface area contributed by atoms with Gasteiger partial charge in [-0.2, -0.15) is 13.2 Å². The Morgan fingerprint density at radius 1 is 0.917 bits per heavy atom. The van der Waals surface area contributed by atoms with Gasteiger partial charge in [0, 0.05) is 30.2 Å². The molecule has 1 unspecified atom stereocenters. The molecular formula is C28H28F3NO4.